The van der Waals surface area contributed by atoms with Crippen LogP contribution in [0.15, 0.2) is 54.6 Å². The third-order valence-electron chi connectivity index (χ3n) is 4.38. The lowest BCUT2D eigenvalue weighted by Crippen LogP contribution is -2.43. The SMILES string of the molecule is CCC1(c2ccccc2)NC(=O)N(CCOc2ccccc2Cl)C1=O. The normalized spacial score (nSPS) is 19.8. The molecule has 0 aromatic heterocycles. The van der Waals surface area contributed by atoms with Crippen LogP contribution in [0, 0.1) is 0 Å². The standard InChI is InChI=1S/C19H19ClN2O3/c1-2-19(14-8-4-3-5-9-14)17(23)22(18(24)21-19)12-13-25-16-11-7-6-10-15(16)20/h3-11H,2,12-13H2,1H3,(H,21,24). The van der Waals surface area contributed by atoms with Gasteiger partial charge in [-0.05, 0) is 24.1 Å². The number of nitrogens with one attached hydrogen (secondary N) is 1. The van der Waals surface area contributed by atoms with E-state index >= 15 is 0 Å². The average molecular weight is 359 g/mol. The lowest BCUT2D eigenvalue weighted by molar-refractivity contribution is -0.132. The number of nitrogens with zero attached hydrogens (tertiary/aromatic N) is 1. The number of hydrogen-bond donors (Lipinski definition) is 1. The molecular weight excluding hydrogens is 340 g/mol. The Bertz CT molecular complexity index is 781. The lowest BCUT2D eigenvalue weighted by atomic mass is 9.87. The summed E-state index contributed by atoms with van der Waals surface area (Å²) in [5, 5.41) is 3.34. The highest BCUT2D eigenvalue weighted by Crippen LogP contribution is 2.32. The van der Waals surface area contributed by atoms with E-state index in [2.05, 4.69) is 5.32 Å². The molecule has 1 heterocycles. The van der Waals surface area contributed by atoms with Crippen LogP contribution in [-0.2, 0) is 10.3 Å². The molecule has 130 valence electrons. The van der Waals surface area contributed by atoms with E-state index in [0.717, 1.165) is 5.56 Å². The number of ether oxygens (including phenoxy) is 1. The van der Waals surface area contributed by atoms with E-state index in [-0.39, 0.29) is 19.1 Å². The summed E-state index contributed by atoms with van der Waals surface area (Å²) in [5.74, 6) is 0.273. The van der Waals surface area contributed by atoms with Crippen LogP contribution in [0.3, 0.4) is 0 Å². The summed E-state index contributed by atoms with van der Waals surface area (Å²) in [7, 11) is 0. The van der Waals surface area contributed by atoms with E-state index in [9.17, 15) is 9.59 Å². The molecule has 3 rings (SSSR count). The zero-order valence-corrected chi connectivity index (χ0v) is 14.6. The van der Waals surface area contributed by atoms with Crippen molar-refractivity contribution in [1.82, 2.24) is 10.2 Å². The minimum Gasteiger partial charge on any atom is -0.490 e. The van der Waals surface area contributed by atoms with E-state index < -0.39 is 11.6 Å². The quantitative estimate of drug-likeness (QED) is 0.803. The lowest BCUT2D eigenvalue weighted by Gasteiger charge is -2.25. The number of carbonyl (C=O) groups is 2. The second-order valence-electron chi connectivity index (χ2n) is 5.79. The zero-order valence-electron chi connectivity index (χ0n) is 13.9. The summed E-state index contributed by atoms with van der Waals surface area (Å²) in [6, 6.07) is 16.0. The van der Waals surface area contributed by atoms with Crippen LogP contribution < -0.4 is 10.1 Å². The topological polar surface area (TPSA) is 58.6 Å². The molecule has 6 heteroatoms. The Labute approximate surface area is 151 Å². The van der Waals surface area contributed by atoms with Crippen molar-refractivity contribution in [2.45, 2.75) is 18.9 Å². The van der Waals surface area contributed by atoms with Gasteiger partial charge < -0.3 is 10.1 Å². The van der Waals surface area contributed by atoms with E-state index in [1.165, 1.54) is 4.90 Å². The first-order chi connectivity index (χ1) is 12.1. The molecule has 0 bridgehead atoms. The van der Waals surface area contributed by atoms with Crippen molar-refractivity contribution in [3.05, 3.63) is 65.2 Å². The van der Waals surface area contributed by atoms with Gasteiger partial charge in [-0.2, -0.15) is 0 Å². The number of benzene rings is 2. The molecule has 2 aromatic rings. The van der Waals surface area contributed by atoms with Crippen LogP contribution in [0.5, 0.6) is 5.75 Å². The molecule has 1 aliphatic heterocycles. The minimum absolute atomic E-state index is 0.157. The smallest absolute Gasteiger partial charge is 0.325 e. The van der Waals surface area contributed by atoms with E-state index in [1.807, 2.05) is 49.4 Å². The van der Waals surface area contributed by atoms with Crippen LogP contribution in [0.25, 0.3) is 0 Å². The Morgan fingerprint density at radius 2 is 1.76 bits per heavy atom. The molecule has 0 saturated carbocycles. The van der Waals surface area contributed by atoms with E-state index in [4.69, 9.17) is 16.3 Å². The van der Waals surface area contributed by atoms with Gasteiger partial charge in [0.1, 0.15) is 17.9 Å². The maximum absolute atomic E-state index is 12.9. The first kappa shape index (κ1) is 17.3. The molecule has 1 atom stereocenters. The third-order valence-corrected chi connectivity index (χ3v) is 4.69. The summed E-state index contributed by atoms with van der Waals surface area (Å²) < 4.78 is 5.60. The number of rotatable bonds is 6. The molecule has 0 spiro atoms. The van der Waals surface area contributed by atoms with Crippen LogP contribution in [0.1, 0.15) is 18.9 Å². The monoisotopic (exact) mass is 358 g/mol. The van der Waals surface area contributed by atoms with Gasteiger partial charge in [0.15, 0.2) is 0 Å². The molecule has 0 radical (unpaired) electrons. The van der Waals surface area contributed by atoms with Gasteiger partial charge in [-0.25, -0.2) is 4.79 Å². The Balaban J connectivity index is 1.72. The Kier molecular flexibility index (Phi) is 4.95. The number of para-hydroxylation sites is 1. The number of halogens is 1. The van der Waals surface area contributed by atoms with Gasteiger partial charge in [-0.3, -0.25) is 9.69 Å². The zero-order chi connectivity index (χ0) is 17.9. The van der Waals surface area contributed by atoms with E-state index in [0.29, 0.717) is 17.2 Å². The van der Waals surface area contributed by atoms with Gasteiger partial charge in [-0.1, -0.05) is 61.0 Å². The molecule has 1 fully saturated rings. The fraction of sp³-hybridized carbons (Fsp3) is 0.263. The molecule has 0 aliphatic carbocycles. The predicted molar refractivity (Wildman–Crippen MR) is 95.6 cm³/mol. The van der Waals surface area contributed by atoms with Gasteiger partial charge in [-0.15, -0.1) is 0 Å². The van der Waals surface area contributed by atoms with Crippen LogP contribution in [0.4, 0.5) is 4.79 Å². The van der Waals surface area contributed by atoms with Crippen LogP contribution >= 0.6 is 11.6 Å². The summed E-state index contributed by atoms with van der Waals surface area (Å²) in [6.45, 7) is 2.22. The van der Waals surface area contributed by atoms with Crippen molar-refractivity contribution in [2.24, 2.45) is 0 Å². The van der Waals surface area contributed by atoms with Crippen molar-refractivity contribution in [3.8, 4) is 5.75 Å². The maximum atomic E-state index is 12.9. The molecule has 2 aromatic carbocycles. The highest BCUT2D eigenvalue weighted by molar-refractivity contribution is 6.32. The van der Waals surface area contributed by atoms with Crippen molar-refractivity contribution in [1.29, 1.82) is 0 Å². The molecule has 5 nitrogen and oxygen atoms in total. The van der Waals surface area contributed by atoms with Gasteiger partial charge >= 0.3 is 6.03 Å². The number of carbonyl (C=O) groups excluding carboxylic acids is 2. The van der Waals surface area contributed by atoms with Gasteiger partial charge in [0.05, 0.1) is 11.6 Å². The first-order valence-corrected chi connectivity index (χ1v) is 8.53. The largest absolute Gasteiger partial charge is 0.490 e. The summed E-state index contributed by atoms with van der Waals surface area (Å²) in [5.41, 5.74) is -0.228. The minimum atomic E-state index is -1.01. The van der Waals surface area contributed by atoms with Crippen molar-refractivity contribution in [3.63, 3.8) is 0 Å². The fourth-order valence-electron chi connectivity index (χ4n) is 3.00. The highest BCUT2D eigenvalue weighted by atomic mass is 35.5. The Hall–Kier alpha value is -2.53. The number of imide groups is 1. The molecule has 1 aliphatic rings. The predicted octanol–water partition coefficient (Wildman–Crippen LogP) is 3.58. The van der Waals surface area contributed by atoms with Crippen molar-refractivity contribution in [2.75, 3.05) is 13.2 Å². The van der Waals surface area contributed by atoms with Gasteiger partial charge in [0.2, 0.25) is 0 Å². The maximum Gasteiger partial charge on any atom is 0.325 e. The second kappa shape index (κ2) is 7.15. The van der Waals surface area contributed by atoms with Crippen molar-refractivity contribution >= 4 is 23.5 Å². The molecule has 25 heavy (non-hydrogen) atoms. The number of urea groups is 1. The van der Waals surface area contributed by atoms with Crippen LogP contribution in [-0.4, -0.2) is 30.0 Å². The Morgan fingerprint density at radius 3 is 2.44 bits per heavy atom. The summed E-state index contributed by atoms with van der Waals surface area (Å²) in [6.07, 6.45) is 0.476. The summed E-state index contributed by atoms with van der Waals surface area (Å²) in [4.78, 5) is 26.5. The average Bonchev–Trinajstić information content (AvgIpc) is 2.89. The molecule has 1 unspecified atom stereocenters. The third kappa shape index (κ3) is 3.20. The van der Waals surface area contributed by atoms with Gasteiger partial charge in [0.25, 0.3) is 5.91 Å². The molecule has 1 N–H and O–H groups in total. The number of hydrogen-bond acceptors (Lipinski definition) is 3. The van der Waals surface area contributed by atoms with Crippen molar-refractivity contribution < 1.29 is 14.3 Å². The first-order valence-electron chi connectivity index (χ1n) is 8.15. The fourth-order valence-corrected chi connectivity index (χ4v) is 3.19. The molecule has 1 saturated heterocycles. The number of amides is 3. The van der Waals surface area contributed by atoms with Gasteiger partial charge in [0, 0.05) is 0 Å². The molecular formula is C19H19ClN2O3. The Morgan fingerprint density at radius 1 is 1.08 bits per heavy atom. The highest BCUT2D eigenvalue weighted by Gasteiger charge is 2.50. The molecule has 3 amide bonds. The van der Waals surface area contributed by atoms with E-state index in [1.54, 1.807) is 12.1 Å². The van der Waals surface area contributed by atoms with Crippen LogP contribution in [0.2, 0.25) is 5.02 Å². The summed E-state index contributed by atoms with van der Waals surface area (Å²) >= 11 is 6.04. The second-order valence-corrected chi connectivity index (χ2v) is 6.20.